The number of thiazole rings is 1. The van der Waals surface area contributed by atoms with Crippen molar-refractivity contribution in [2.24, 2.45) is 5.41 Å². The summed E-state index contributed by atoms with van der Waals surface area (Å²) in [4.78, 5) is 5.08. The molecule has 0 aliphatic rings. The fraction of sp³-hybridized carbons (Fsp3) is 0.769. The summed E-state index contributed by atoms with van der Waals surface area (Å²) in [5.41, 5.74) is 0.919. The zero-order valence-electron chi connectivity index (χ0n) is 10.8. The SMILES string of the molecule is CCCCCC(O)(c1cncs1)C(C)(C)C. The number of hydrogen-bond donors (Lipinski definition) is 1. The lowest BCUT2D eigenvalue weighted by molar-refractivity contribution is -0.0700. The summed E-state index contributed by atoms with van der Waals surface area (Å²) in [6, 6.07) is 0. The molecule has 1 heterocycles. The fourth-order valence-electron chi connectivity index (χ4n) is 1.92. The Kier molecular flexibility index (Phi) is 4.51. The predicted octanol–water partition coefficient (Wildman–Crippen LogP) is 3.96. The van der Waals surface area contributed by atoms with Gasteiger partial charge >= 0.3 is 0 Å². The molecular formula is C13H23NOS. The van der Waals surface area contributed by atoms with Gasteiger partial charge in [0.15, 0.2) is 0 Å². The third-order valence-electron chi connectivity index (χ3n) is 3.22. The second-order valence-corrected chi connectivity index (χ2v) is 6.32. The Morgan fingerprint density at radius 2 is 2.00 bits per heavy atom. The van der Waals surface area contributed by atoms with Crippen molar-refractivity contribution in [3.8, 4) is 0 Å². The van der Waals surface area contributed by atoms with Crippen molar-refractivity contribution in [2.75, 3.05) is 0 Å². The van der Waals surface area contributed by atoms with Gasteiger partial charge < -0.3 is 5.11 Å². The van der Waals surface area contributed by atoms with E-state index in [1.54, 1.807) is 16.8 Å². The molecule has 2 nitrogen and oxygen atoms in total. The molecule has 0 fully saturated rings. The maximum Gasteiger partial charge on any atom is 0.105 e. The predicted molar refractivity (Wildman–Crippen MR) is 69.6 cm³/mol. The summed E-state index contributed by atoms with van der Waals surface area (Å²) in [6.45, 7) is 8.47. The molecule has 1 atom stereocenters. The van der Waals surface area contributed by atoms with Gasteiger partial charge in [0.05, 0.1) is 10.4 Å². The van der Waals surface area contributed by atoms with E-state index in [1.165, 1.54) is 12.8 Å². The van der Waals surface area contributed by atoms with Crippen LogP contribution in [0.2, 0.25) is 0 Å². The number of aliphatic hydroxyl groups is 1. The highest BCUT2D eigenvalue weighted by Crippen LogP contribution is 2.44. The zero-order valence-corrected chi connectivity index (χ0v) is 11.6. The topological polar surface area (TPSA) is 33.1 Å². The van der Waals surface area contributed by atoms with Crippen molar-refractivity contribution < 1.29 is 5.11 Å². The Morgan fingerprint density at radius 1 is 1.31 bits per heavy atom. The molecule has 1 aromatic heterocycles. The van der Waals surface area contributed by atoms with E-state index in [4.69, 9.17) is 0 Å². The molecule has 1 rings (SSSR count). The Balaban J connectivity index is 2.86. The van der Waals surface area contributed by atoms with Crippen LogP contribution < -0.4 is 0 Å². The second-order valence-electron chi connectivity index (χ2n) is 5.43. The van der Waals surface area contributed by atoms with Crippen LogP contribution >= 0.6 is 11.3 Å². The van der Waals surface area contributed by atoms with Gasteiger partial charge in [-0.1, -0.05) is 47.0 Å². The van der Waals surface area contributed by atoms with E-state index in [9.17, 15) is 5.11 Å². The molecule has 0 amide bonds. The molecule has 16 heavy (non-hydrogen) atoms. The molecule has 92 valence electrons. The average Bonchev–Trinajstić information content (AvgIpc) is 2.69. The first-order valence-corrected chi connectivity index (χ1v) is 6.91. The molecule has 1 N–H and O–H groups in total. The molecule has 0 saturated heterocycles. The number of aromatic nitrogens is 1. The van der Waals surface area contributed by atoms with E-state index in [-0.39, 0.29) is 5.41 Å². The maximum absolute atomic E-state index is 10.9. The lowest BCUT2D eigenvalue weighted by atomic mass is 9.73. The normalized spacial score (nSPS) is 16.1. The first kappa shape index (κ1) is 13.7. The lowest BCUT2D eigenvalue weighted by Gasteiger charge is -2.39. The van der Waals surface area contributed by atoms with Crippen molar-refractivity contribution >= 4 is 11.3 Å². The third kappa shape index (κ3) is 2.83. The van der Waals surface area contributed by atoms with Crippen LogP contribution in [0.1, 0.15) is 58.3 Å². The molecular weight excluding hydrogens is 218 g/mol. The minimum absolute atomic E-state index is 0.146. The molecule has 1 unspecified atom stereocenters. The highest BCUT2D eigenvalue weighted by Gasteiger charge is 2.42. The summed E-state index contributed by atoms with van der Waals surface area (Å²) < 4.78 is 0. The van der Waals surface area contributed by atoms with E-state index < -0.39 is 5.60 Å². The van der Waals surface area contributed by atoms with Crippen molar-refractivity contribution in [3.05, 3.63) is 16.6 Å². The van der Waals surface area contributed by atoms with Gasteiger partial charge in [-0.05, 0) is 11.8 Å². The van der Waals surface area contributed by atoms with Crippen LogP contribution in [0.5, 0.6) is 0 Å². The minimum atomic E-state index is -0.733. The largest absolute Gasteiger partial charge is 0.384 e. The van der Waals surface area contributed by atoms with Gasteiger partial charge in [-0.2, -0.15) is 0 Å². The first-order valence-electron chi connectivity index (χ1n) is 6.03. The van der Waals surface area contributed by atoms with Crippen LogP contribution in [-0.2, 0) is 5.60 Å². The summed E-state index contributed by atoms with van der Waals surface area (Å²) in [6.07, 6.45) is 6.07. The van der Waals surface area contributed by atoms with Crippen LogP contribution in [0.15, 0.2) is 11.7 Å². The van der Waals surface area contributed by atoms with Crippen LogP contribution in [0.3, 0.4) is 0 Å². The quantitative estimate of drug-likeness (QED) is 0.792. The van der Waals surface area contributed by atoms with E-state index in [0.717, 1.165) is 17.7 Å². The molecule has 0 aliphatic heterocycles. The maximum atomic E-state index is 10.9. The van der Waals surface area contributed by atoms with Crippen molar-refractivity contribution in [3.63, 3.8) is 0 Å². The van der Waals surface area contributed by atoms with Gasteiger partial charge in [0.1, 0.15) is 5.60 Å². The van der Waals surface area contributed by atoms with Gasteiger partial charge in [-0.25, -0.2) is 0 Å². The standard InChI is InChI=1S/C13H23NOS/c1-5-6-7-8-13(15,12(2,3)4)11-9-14-10-16-11/h9-10,15H,5-8H2,1-4H3. The van der Waals surface area contributed by atoms with Crippen molar-refractivity contribution in [1.29, 1.82) is 0 Å². The highest BCUT2D eigenvalue weighted by atomic mass is 32.1. The minimum Gasteiger partial charge on any atom is -0.384 e. The monoisotopic (exact) mass is 241 g/mol. The Bertz CT molecular complexity index is 302. The smallest absolute Gasteiger partial charge is 0.105 e. The first-order chi connectivity index (χ1) is 7.42. The van der Waals surface area contributed by atoms with Crippen molar-refractivity contribution in [2.45, 2.75) is 59.0 Å². The van der Waals surface area contributed by atoms with E-state index >= 15 is 0 Å². The highest BCUT2D eigenvalue weighted by molar-refractivity contribution is 7.09. The molecule has 1 aromatic rings. The summed E-state index contributed by atoms with van der Waals surface area (Å²) in [5.74, 6) is 0. The molecule has 0 spiro atoms. The van der Waals surface area contributed by atoms with Gasteiger partial charge in [-0.15, -0.1) is 11.3 Å². The number of nitrogens with zero attached hydrogens (tertiary/aromatic N) is 1. The molecule has 0 aromatic carbocycles. The Labute approximate surface area is 103 Å². The average molecular weight is 241 g/mol. The molecule has 0 saturated carbocycles. The molecule has 0 bridgehead atoms. The molecule has 0 radical (unpaired) electrons. The third-order valence-corrected chi connectivity index (χ3v) is 4.15. The van der Waals surface area contributed by atoms with Gasteiger partial charge in [0.2, 0.25) is 0 Å². The van der Waals surface area contributed by atoms with Crippen LogP contribution in [0, 0.1) is 5.41 Å². The van der Waals surface area contributed by atoms with Gasteiger partial charge in [0, 0.05) is 6.20 Å². The number of hydrogen-bond acceptors (Lipinski definition) is 3. The van der Waals surface area contributed by atoms with E-state index in [2.05, 4.69) is 32.7 Å². The lowest BCUT2D eigenvalue weighted by Crippen LogP contribution is -2.39. The van der Waals surface area contributed by atoms with Crippen LogP contribution in [0.4, 0.5) is 0 Å². The van der Waals surface area contributed by atoms with Crippen molar-refractivity contribution in [1.82, 2.24) is 4.98 Å². The van der Waals surface area contributed by atoms with Gasteiger partial charge in [-0.3, -0.25) is 4.98 Å². The van der Waals surface area contributed by atoms with Crippen LogP contribution in [-0.4, -0.2) is 10.1 Å². The summed E-state index contributed by atoms with van der Waals surface area (Å²) in [7, 11) is 0. The van der Waals surface area contributed by atoms with E-state index in [1.807, 2.05) is 6.20 Å². The Hall–Kier alpha value is -0.410. The summed E-state index contributed by atoms with van der Waals surface area (Å²) >= 11 is 1.55. The fourth-order valence-corrected chi connectivity index (χ4v) is 2.88. The van der Waals surface area contributed by atoms with E-state index in [0.29, 0.717) is 0 Å². The molecule has 3 heteroatoms. The Morgan fingerprint density at radius 3 is 2.44 bits per heavy atom. The zero-order chi connectivity index (χ0) is 12.2. The second kappa shape index (κ2) is 5.28. The summed E-state index contributed by atoms with van der Waals surface area (Å²) in [5, 5.41) is 10.9. The van der Waals surface area contributed by atoms with Gasteiger partial charge in [0.25, 0.3) is 0 Å². The van der Waals surface area contributed by atoms with Crippen LogP contribution in [0.25, 0.3) is 0 Å². The number of unbranched alkanes of at least 4 members (excludes halogenated alkanes) is 2. The number of rotatable bonds is 5. The molecule has 0 aliphatic carbocycles.